The molecule has 0 radical (unpaired) electrons. The fraction of sp³-hybridized carbons (Fsp3) is 0.700. The summed E-state index contributed by atoms with van der Waals surface area (Å²) < 4.78 is 0. The van der Waals surface area contributed by atoms with E-state index in [4.69, 9.17) is 0 Å². The van der Waals surface area contributed by atoms with Gasteiger partial charge < -0.3 is 5.32 Å². The minimum atomic E-state index is 0.279. The first-order valence-corrected chi connectivity index (χ1v) is 4.71. The molecule has 0 aromatic heterocycles. The molecule has 0 aliphatic carbocycles. The third-order valence-corrected chi connectivity index (χ3v) is 1.70. The second kappa shape index (κ2) is 6.89. The predicted octanol–water partition coefficient (Wildman–Crippen LogP) is 2.26. The highest BCUT2D eigenvalue weighted by molar-refractivity contribution is 5.95. The SMILES string of the molecule is CCCC(=O)/C(=C\NCC)CC. The Morgan fingerprint density at radius 1 is 1.33 bits per heavy atom. The number of hydrogen-bond acceptors (Lipinski definition) is 2. The second-order valence-electron chi connectivity index (χ2n) is 2.75. The highest BCUT2D eigenvalue weighted by atomic mass is 16.1. The Morgan fingerprint density at radius 3 is 2.42 bits per heavy atom. The first-order chi connectivity index (χ1) is 5.76. The Labute approximate surface area is 75.0 Å². The molecule has 0 unspecified atom stereocenters. The van der Waals surface area contributed by atoms with Crippen LogP contribution in [0.3, 0.4) is 0 Å². The van der Waals surface area contributed by atoms with Crippen molar-refractivity contribution < 1.29 is 4.79 Å². The normalized spacial score (nSPS) is 11.4. The molecule has 0 aromatic rings. The molecule has 2 heteroatoms. The molecule has 0 fully saturated rings. The molecule has 2 nitrogen and oxygen atoms in total. The Hall–Kier alpha value is -0.790. The van der Waals surface area contributed by atoms with Crippen LogP contribution in [0.2, 0.25) is 0 Å². The summed E-state index contributed by atoms with van der Waals surface area (Å²) in [6.45, 7) is 6.94. The summed E-state index contributed by atoms with van der Waals surface area (Å²) in [4.78, 5) is 11.4. The van der Waals surface area contributed by atoms with Crippen molar-refractivity contribution in [3.8, 4) is 0 Å². The fourth-order valence-electron chi connectivity index (χ4n) is 0.993. The summed E-state index contributed by atoms with van der Waals surface area (Å²) in [6.07, 6.45) is 4.27. The van der Waals surface area contributed by atoms with Crippen LogP contribution in [0.15, 0.2) is 11.8 Å². The van der Waals surface area contributed by atoms with Crippen LogP contribution in [0.5, 0.6) is 0 Å². The van der Waals surface area contributed by atoms with Crippen molar-refractivity contribution in [3.63, 3.8) is 0 Å². The van der Waals surface area contributed by atoms with Gasteiger partial charge in [-0.3, -0.25) is 4.79 Å². The quantitative estimate of drug-likeness (QED) is 0.618. The van der Waals surface area contributed by atoms with Crippen molar-refractivity contribution in [2.45, 2.75) is 40.0 Å². The summed E-state index contributed by atoms with van der Waals surface area (Å²) in [7, 11) is 0. The van der Waals surface area contributed by atoms with Crippen LogP contribution in [0.25, 0.3) is 0 Å². The van der Waals surface area contributed by atoms with Crippen LogP contribution in [0.4, 0.5) is 0 Å². The number of carbonyl (C=O) groups excluding carboxylic acids is 1. The fourth-order valence-corrected chi connectivity index (χ4v) is 0.993. The molecule has 0 atom stereocenters. The maximum absolute atomic E-state index is 11.4. The van der Waals surface area contributed by atoms with E-state index in [0.29, 0.717) is 6.42 Å². The zero-order valence-electron chi connectivity index (χ0n) is 8.31. The van der Waals surface area contributed by atoms with Crippen LogP contribution in [-0.2, 0) is 4.79 Å². The molecule has 0 bridgehead atoms. The third kappa shape index (κ3) is 4.16. The highest BCUT2D eigenvalue weighted by Crippen LogP contribution is 2.05. The molecular weight excluding hydrogens is 150 g/mol. The summed E-state index contributed by atoms with van der Waals surface area (Å²) >= 11 is 0. The van der Waals surface area contributed by atoms with Gasteiger partial charge in [0.05, 0.1) is 0 Å². The van der Waals surface area contributed by atoms with E-state index < -0.39 is 0 Å². The topological polar surface area (TPSA) is 29.1 Å². The number of hydrogen-bond donors (Lipinski definition) is 1. The number of nitrogens with one attached hydrogen (secondary N) is 1. The number of allylic oxidation sites excluding steroid dienone is 1. The maximum atomic E-state index is 11.4. The van der Waals surface area contributed by atoms with Gasteiger partial charge >= 0.3 is 0 Å². The van der Waals surface area contributed by atoms with Crippen molar-refractivity contribution >= 4 is 5.78 Å². The Balaban J connectivity index is 4.04. The molecule has 0 saturated heterocycles. The number of rotatable bonds is 6. The molecule has 0 aromatic carbocycles. The van der Waals surface area contributed by atoms with Gasteiger partial charge in [-0.05, 0) is 19.8 Å². The van der Waals surface area contributed by atoms with Gasteiger partial charge in [0.25, 0.3) is 0 Å². The van der Waals surface area contributed by atoms with Gasteiger partial charge in [0.1, 0.15) is 0 Å². The van der Waals surface area contributed by atoms with E-state index in [9.17, 15) is 4.79 Å². The van der Waals surface area contributed by atoms with Crippen LogP contribution in [-0.4, -0.2) is 12.3 Å². The number of Topliss-reactive ketones (excluding diaryl/α,β-unsaturated/α-hetero) is 1. The third-order valence-electron chi connectivity index (χ3n) is 1.70. The zero-order chi connectivity index (χ0) is 9.40. The highest BCUT2D eigenvalue weighted by Gasteiger charge is 2.04. The van der Waals surface area contributed by atoms with Crippen molar-refractivity contribution in [3.05, 3.63) is 11.8 Å². The molecule has 0 amide bonds. The van der Waals surface area contributed by atoms with E-state index in [0.717, 1.165) is 25.0 Å². The lowest BCUT2D eigenvalue weighted by molar-refractivity contribution is -0.115. The largest absolute Gasteiger partial charge is 0.391 e. The molecule has 0 aliphatic heterocycles. The molecule has 0 heterocycles. The average molecular weight is 169 g/mol. The van der Waals surface area contributed by atoms with Crippen LogP contribution < -0.4 is 5.32 Å². The van der Waals surface area contributed by atoms with Gasteiger partial charge in [-0.25, -0.2) is 0 Å². The van der Waals surface area contributed by atoms with E-state index in [1.807, 2.05) is 27.0 Å². The minimum absolute atomic E-state index is 0.279. The predicted molar refractivity (Wildman–Crippen MR) is 52.0 cm³/mol. The summed E-state index contributed by atoms with van der Waals surface area (Å²) in [5.74, 6) is 0.279. The minimum Gasteiger partial charge on any atom is -0.391 e. The van der Waals surface area contributed by atoms with Gasteiger partial charge in [-0.1, -0.05) is 13.8 Å². The van der Waals surface area contributed by atoms with E-state index in [2.05, 4.69) is 5.32 Å². The van der Waals surface area contributed by atoms with E-state index in [1.165, 1.54) is 0 Å². The smallest absolute Gasteiger partial charge is 0.160 e. The molecule has 0 rings (SSSR count). The summed E-state index contributed by atoms with van der Waals surface area (Å²) in [5, 5.41) is 3.06. The van der Waals surface area contributed by atoms with Crippen molar-refractivity contribution in [2.75, 3.05) is 6.54 Å². The van der Waals surface area contributed by atoms with Crippen molar-refractivity contribution in [2.24, 2.45) is 0 Å². The lowest BCUT2D eigenvalue weighted by Gasteiger charge is -2.02. The van der Waals surface area contributed by atoms with Gasteiger partial charge in [0.2, 0.25) is 0 Å². The number of ketones is 1. The molecule has 0 aliphatic rings. The van der Waals surface area contributed by atoms with Crippen LogP contribution in [0.1, 0.15) is 40.0 Å². The van der Waals surface area contributed by atoms with Gasteiger partial charge in [-0.2, -0.15) is 0 Å². The maximum Gasteiger partial charge on any atom is 0.160 e. The molecule has 0 spiro atoms. The lowest BCUT2D eigenvalue weighted by Crippen LogP contribution is -2.09. The average Bonchev–Trinajstić information content (AvgIpc) is 2.06. The van der Waals surface area contributed by atoms with Crippen molar-refractivity contribution in [1.29, 1.82) is 0 Å². The standard InChI is InChI=1S/C10H19NO/c1-4-7-10(12)9(5-2)8-11-6-3/h8,11H,4-7H2,1-3H3/b9-8-. The van der Waals surface area contributed by atoms with Crippen LogP contribution >= 0.6 is 0 Å². The van der Waals surface area contributed by atoms with E-state index >= 15 is 0 Å². The Morgan fingerprint density at radius 2 is 2.00 bits per heavy atom. The molecule has 70 valence electrons. The van der Waals surface area contributed by atoms with E-state index in [1.54, 1.807) is 0 Å². The van der Waals surface area contributed by atoms with Gasteiger partial charge in [-0.15, -0.1) is 0 Å². The Kier molecular flexibility index (Phi) is 6.44. The molecular formula is C10H19NO. The van der Waals surface area contributed by atoms with Gasteiger partial charge in [0.15, 0.2) is 5.78 Å². The summed E-state index contributed by atoms with van der Waals surface area (Å²) in [6, 6.07) is 0. The molecule has 12 heavy (non-hydrogen) atoms. The molecule has 1 N–H and O–H groups in total. The first-order valence-electron chi connectivity index (χ1n) is 4.71. The summed E-state index contributed by atoms with van der Waals surface area (Å²) in [5.41, 5.74) is 0.915. The first kappa shape index (κ1) is 11.2. The zero-order valence-corrected chi connectivity index (χ0v) is 8.31. The van der Waals surface area contributed by atoms with Crippen molar-refractivity contribution in [1.82, 2.24) is 5.32 Å². The molecule has 0 saturated carbocycles. The van der Waals surface area contributed by atoms with Crippen LogP contribution in [0, 0.1) is 0 Å². The number of carbonyl (C=O) groups is 1. The monoisotopic (exact) mass is 169 g/mol. The van der Waals surface area contributed by atoms with Gasteiger partial charge in [0, 0.05) is 24.7 Å². The second-order valence-corrected chi connectivity index (χ2v) is 2.75. The Bertz CT molecular complexity index is 161. The lowest BCUT2D eigenvalue weighted by atomic mass is 10.1. The van der Waals surface area contributed by atoms with E-state index in [-0.39, 0.29) is 5.78 Å².